The molecule has 3 aromatic rings. The molecule has 3 heterocycles. The van der Waals surface area contributed by atoms with E-state index >= 15 is 0 Å². The second-order valence-corrected chi connectivity index (χ2v) is 7.69. The third kappa shape index (κ3) is 4.87. The van der Waals surface area contributed by atoms with Gasteiger partial charge in [-0.15, -0.1) is 0 Å². The van der Waals surface area contributed by atoms with E-state index < -0.39 is 5.97 Å². The summed E-state index contributed by atoms with van der Waals surface area (Å²) < 4.78 is 11.4. The molecule has 33 heavy (non-hydrogen) atoms. The molecule has 4 rings (SSSR count). The van der Waals surface area contributed by atoms with Crippen molar-refractivity contribution in [3.05, 3.63) is 65.6 Å². The molecule has 0 spiro atoms. The quantitative estimate of drug-likeness (QED) is 0.511. The van der Waals surface area contributed by atoms with Crippen molar-refractivity contribution >= 4 is 11.9 Å². The van der Waals surface area contributed by atoms with E-state index in [-0.39, 0.29) is 24.5 Å². The van der Waals surface area contributed by atoms with Crippen LogP contribution in [0.2, 0.25) is 0 Å². The van der Waals surface area contributed by atoms with E-state index in [1.54, 1.807) is 42.5 Å². The van der Waals surface area contributed by atoms with Crippen LogP contribution in [0.4, 0.5) is 0 Å². The number of amides is 1. The zero-order valence-corrected chi connectivity index (χ0v) is 18.8. The van der Waals surface area contributed by atoms with Crippen molar-refractivity contribution in [2.75, 3.05) is 19.7 Å². The zero-order chi connectivity index (χ0) is 23.2. The molecule has 0 unspecified atom stereocenters. The van der Waals surface area contributed by atoms with Crippen molar-refractivity contribution < 1.29 is 19.1 Å². The molecular formula is C24H27N5O4. The molecule has 1 amide bonds. The number of aryl methyl sites for hydroxylation is 1. The lowest BCUT2D eigenvalue weighted by molar-refractivity contribution is 0.0467. The molecule has 1 aromatic carbocycles. The van der Waals surface area contributed by atoms with Gasteiger partial charge < -0.3 is 14.4 Å². The zero-order valence-electron chi connectivity index (χ0n) is 18.8. The minimum Gasteiger partial charge on any atom is -0.472 e. The van der Waals surface area contributed by atoms with Crippen molar-refractivity contribution in [3.8, 4) is 11.6 Å². The Morgan fingerprint density at radius 3 is 2.64 bits per heavy atom. The molecule has 172 valence electrons. The number of aromatic nitrogens is 4. The van der Waals surface area contributed by atoms with Crippen molar-refractivity contribution in [2.45, 2.75) is 39.2 Å². The number of piperidine rings is 1. The molecule has 9 heteroatoms. The smallest absolute Gasteiger partial charge is 0.343 e. The first-order valence-corrected chi connectivity index (χ1v) is 11.2. The molecule has 0 N–H and O–H groups in total. The molecule has 1 saturated heterocycles. The van der Waals surface area contributed by atoms with E-state index in [0.29, 0.717) is 36.3 Å². The van der Waals surface area contributed by atoms with Crippen LogP contribution in [0.1, 0.15) is 53.0 Å². The van der Waals surface area contributed by atoms with Gasteiger partial charge in [0.25, 0.3) is 5.91 Å². The highest BCUT2D eigenvalue weighted by atomic mass is 16.5. The van der Waals surface area contributed by atoms with E-state index in [1.807, 2.05) is 25.1 Å². The van der Waals surface area contributed by atoms with Crippen LogP contribution in [0, 0.1) is 0 Å². The summed E-state index contributed by atoms with van der Waals surface area (Å²) in [6.07, 6.45) is 6.68. The van der Waals surface area contributed by atoms with Crippen LogP contribution >= 0.6 is 0 Å². The number of pyridine rings is 1. The number of rotatable bonds is 7. The van der Waals surface area contributed by atoms with Gasteiger partial charge in [0.1, 0.15) is 11.7 Å². The summed E-state index contributed by atoms with van der Waals surface area (Å²) in [7, 11) is 0. The number of hydrogen-bond acceptors (Lipinski definition) is 7. The molecule has 0 aliphatic carbocycles. The second kappa shape index (κ2) is 10.2. The van der Waals surface area contributed by atoms with Crippen LogP contribution in [-0.2, 0) is 11.2 Å². The van der Waals surface area contributed by atoms with Crippen LogP contribution in [0.3, 0.4) is 0 Å². The number of carbonyl (C=O) groups is 2. The predicted molar refractivity (Wildman–Crippen MR) is 120 cm³/mol. The SMILES string of the molecule is CCOC(=O)c1c(CC)ccnc1O[C@@H]1CCCN(C(=O)c2ccccc2-n2nccn2)C1. The van der Waals surface area contributed by atoms with Gasteiger partial charge in [-0.1, -0.05) is 19.1 Å². The first-order chi connectivity index (χ1) is 16.1. The van der Waals surface area contributed by atoms with Gasteiger partial charge in [-0.2, -0.15) is 15.0 Å². The Kier molecular flexibility index (Phi) is 6.97. The summed E-state index contributed by atoms with van der Waals surface area (Å²) in [5, 5.41) is 8.32. The average Bonchev–Trinajstić information content (AvgIpc) is 3.38. The van der Waals surface area contributed by atoms with Gasteiger partial charge >= 0.3 is 5.97 Å². The predicted octanol–water partition coefficient (Wildman–Crippen LogP) is 3.09. The van der Waals surface area contributed by atoms with E-state index in [4.69, 9.17) is 9.47 Å². The highest BCUT2D eigenvalue weighted by Crippen LogP contribution is 2.26. The first kappa shape index (κ1) is 22.4. The number of nitrogens with zero attached hydrogens (tertiary/aromatic N) is 5. The Bertz CT molecular complexity index is 1120. The Labute approximate surface area is 192 Å². The number of hydrogen-bond donors (Lipinski definition) is 0. The van der Waals surface area contributed by atoms with Gasteiger partial charge in [-0.05, 0) is 49.9 Å². The lowest BCUT2D eigenvalue weighted by Gasteiger charge is -2.33. The Morgan fingerprint density at radius 1 is 1.09 bits per heavy atom. The number of ether oxygens (including phenoxy) is 2. The average molecular weight is 450 g/mol. The number of esters is 1. The highest BCUT2D eigenvalue weighted by molar-refractivity contribution is 5.97. The normalized spacial score (nSPS) is 15.8. The number of benzene rings is 1. The standard InChI is InChI=1S/C24H27N5O4/c1-3-17-11-12-25-22(21(17)24(31)32-4-2)33-18-8-7-15-28(16-18)23(30)19-9-5-6-10-20(19)29-26-13-14-27-29/h5-6,9-14,18H,3-4,7-8,15-16H2,1-2H3/t18-/m1/s1. The van der Waals surface area contributed by atoms with Crippen molar-refractivity contribution in [3.63, 3.8) is 0 Å². The van der Waals surface area contributed by atoms with E-state index in [2.05, 4.69) is 15.2 Å². The third-order valence-corrected chi connectivity index (χ3v) is 5.58. The lowest BCUT2D eigenvalue weighted by Crippen LogP contribution is -2.44. The molecule has 1 aliphatic heterocycles. The number of para-hydroxylation sites is 1. The van der Waals surface area contributed by atoms with Crippen LogP contribution in [0.5, 0.6) is 5.88 Å². The van der Waals surface area contributed by atoms with Crippen LogP contribution in [0.25, 0.3) is 5.69 Å². The fourth-order valence-corrected chi connectivity index (χ4v) is 4.00. The van der Waals surface area contributed by atoms with Crippen molar-refractivity contribution in [1.29, 1.82) is 0 Å². The lowest BCUT2D eigenvalue weighted by atomic mass is 10.0. The van der Waals surface area contributed by atoms with E-state index in [9.17, 15) is 9.59 Å². The fraction of sp³-hybridized carbons (Fsp3) is 0.375. The third-order valence-electron chi connectivity index (χ3n) is 5.58. The fourth-order valence-electron chi connectivity index (χ4n) is 4.00. The van der Waals surface area contributed by atoms with Gasteiger partial charge in [0.05, 0.1) is 36.8 Å². The summed E-state index contributed by atoms with van der Waals surface area (Å²) in [5.41, 5.74) is 2.33. The van der Waals surface area contributed by atoms with Crippen molar-refractivity contribution in [1.82, 2.24) is 24.9 Å². The molecular weight excluding hydrogens is 422 g/mol. The molecule has 0 radical (unpaired) electrons. The van der Waals surface area contributed by atoms with Gasteiger partial charge in [-0.3, -0.25) is 4.79 Å². The second-order valence-electron chi connectivity index (χ2n) is 7.69. The topological polar surface area (TPSA) is 99.4 Å². The van der Waals surface area contributed by atoms with Gasteiger partial charge in [0.15, 0.2) is 0 Å². The first-order valence-electron chi connectivity index (χ1n) is 11.2. The Hall–Kier alpha value is -3.75. The summed E-state index contributed by atoms with van der Waals surface area (Å²) in [6.45, 7) is 5.01. The Morgan fingerprint density at radius 2 is 1.88 bits per heavy atom. The van der Waals surface area contributed by atoms with Gasteiger partial charge in [0, 0.05) is 12.7 Å². The van der Waals surface area contributed by atoms with Crippen molar-refractivity contribution in [2.24, 2.45) is 0 Å². The summed E-state index contributed by atoms with van der Waals surface area (Å²) in [4.78, 5) is 33.5. The largest absolute Gasteiger partial charge is 0.472 e. The molecule has 0 saturated carbocycles. The Balaban J connectivity index is 1.54. The van der Waals surface area contributed by atoms with Crippen LogP contribution < -0.4 is 4.74 Å². The molecule has 2 aromatic heterocycles. The molecule has 1 atom stereocenters. The molecule has 0 bridgehead atoms. The minimum absolute atomic E-state index is 0.114. The monoisotopic (exact) mass is 449 g/mol. The molecule has 9 nitrogen and oxygen atoms in total. The van der Waals surface area contributed by atoms with Gasteiger partial charge in [0.2, 0.25) is 5.88 Å². The molecule has 1 aliphatic rings. The van der Waals surface area contributed by atoms with Gasteiger partial charge in [-0.25, -0.2) is 9.78 Å². The minimum atomic E-state index is -0.443. The van der Waals surface area contributed by atoms with Crippen LogP contribution in [0.15, 0.2) is 48.9 Å². The summed E-state index contributed by atoms with van der Waals surface area (Å²) in [5.74, 6) is -0.299. The maximum Gasteiger partial charge on any atom is 0.343 e. The maximum absolute atomic E-state index is 13.4. The van der Waals surface area contributed by atoms with E-state index in [1.165, 1.54) is 4.80 Å². The number of carbonyl (C=O) groups excluding carboxylic acids is 2. The maximum atomic E-state index is 13.4. The van der Waals surface area contributed by atoms with Crippen LogP contribution in [-0.4, -0.2) is 62.6 Å². The highest BCUT2D eigenvalue weighted by Gasteiger charge is 2.29. The summed E-state index contributed by atoms with van der Waals surface area (Å²) >= 11 is 0. The summed E-state index contributed by atoms with van der Waals surface area (Å²) in [6, 6.07) is 9.06. The number of likely N-dealkylation sites (tertiary alicyclic amines) is 1. The van der Waals surface area contributed by atoms with E-state index in [0.717, 1.165) is 18.4 Å². The molecule has 1 fully saturated rings.